The number of ether oxygens (including phenoxy) is 1. The normalized spacial score (nSPS) is 11.9. The van der Waals surface area contributed by atoms with Crippen LogP contribution < -0.4 is 21.3 Å². The zero-order valence-corrected chi connectivity index (χ0v) is 17.1. The van der Waals surface area contributed by atoms with Crippen LogP contribution in [0.5, 0.6) is 5.75 Å². The van der Waals surface area contributed by atoms with E-state index >= 15 is 0 Å². The molecule has 158 valence electrons. The molecule has 2 aromatic heterocycles. The van der Waals surface area contributed by atoms with Gasteiger partial charge in [0.2, 0.25) is 5.91 Å². The van der Waals surface area contributed by atoms with Crippen LogP contribution in [0.15, 0.2) is 80.9 Å². The van der Waals surface area contributed by atoms with Crippen LogP contribution in [-0.4, -0.2) is 22.2 Å². The molecule has 31 heavy (non-hydrogen) atoms. The molecule has 0 fully saturated rings. The van der Waals surface area contributed by atoms with Crippen LogP contribution in [0.4, 0.5) is 0 Å². The van der Waals surface area contributed by atoms with Crippen LogP contribution in [0.3, 0.4) is 0 Å². The molecule has 4 rings (SSSR count). The van der Waals surface area contributed by atoms with Crippen molar-refractivity contribution in [3.05, 3.63) is 93.5 Å². The Hall–Kier alpha value is -4.07. The average molecular weight is 419 g/mol. The molecule has 8 heteroatoms. The van der Waals surface area contributed by atoms with Crippen LogP contribution in [0.25, 0.3) is 16.6 Å². The number of methoxy groups -OCH3 is 1. The number of nitrogens with one attached hydrogen (secondary N) is 1. The maximum atomic E-state index is 13.5. The Labute approximate surface area is 177 Å². The van der Waals surface area contributed by atoms with Gasteiger partial charge in [-0.25, -0.2) is 9.36 Å². The molecule has 0 aliphatic heterocycles. The van der Waals surface area contributed by atoms with Crippen molar-refractivity contribution in [2.75, 3.05) is 7.11 Å². The van der Waals surface area contributed by atoms with Crippen LogP contribution in [-0.2, 0) is 11.3 Å². The molecule has 0 unspecified atom stereocenters. The molecule has 4 aromatic rings. The minimum atomic E-state index is -0.871. The van der Waals surface area contributed by atoms with E-state index in [1.54, 1.807) is 67.6 Å². The van der Waals surface area contributed by atoms with E-state index in [1.165, 1.54) is 17.9 Å². The van der Waals surface area contributed by atoms with Crippen molar-refractivity contribution in [3.8, 4) is 11.4 Å². The first-order valence-corrected chi connectivity index (χ1v) is 9.72. The molecular formula is C23H21N3O5. The number of rotatable bonds is 6. The maximum absolute atomic E-state index is 13.5. The number of para-hydroxylation sites is 1. The fourth-order valence-electron chi connectivity index (χ4n) is 3.49. The lowest BCUT2D eigenvalue weighted by Crippen LogP contribution is -2.43. The Bertz CT molecular complexity index is 1350. The van der Waals surface area contributed by atoms with Crippen molar-refractivity contribution < 1.29 is 13.9 Å². The number of hydrogen-bond acceptors (Lipinski definition) is 5. The predicted molar refractivity (Wildman–Crippen MR) is 116 cm³/mol. The van der Waals surface area contributed by atoms with E-state index in [2.05, 4.69) is 5.32 Å². The summed E-state index contributed by atoms with van der Waals surface area (Å²) in [5, 5.41) is 3.10. The average Bonchev–Trinajstić information content (AvgIpc) is 3.31. The third-order valence-electron chi connectivity index (χ3n) is 5.09. The summed E-state index contributed by atoms with van der Waals surface area (Å²) in [4.78, 5) is 39.5. The molecule has 0 saturated heterocycles. The van der Waals surface area contributed by atoms with Crippen LogP contribution in [0.1, 0.15) is 18.7 Å². The second kappa shape index (κ2) is 8.35. The number of aromatic nitrogens is 2. The SMILES string of the molecule is COc1cccc(-n2c(=O)c3ccccc3n([C@H](C)C(=O)NCc3ccco3)c2=O)c1. The van der Waals surface area contributed by atoms with Gasteiger partial charge in [-0.05, 0) is 43.3 Å². The quantitative estimate of drug-likeness (QED) is 0.518. The lowest BCUT2D eigenvalue weighted by atomic mass is 10.2. The standard InChI is InChI=1S/C23H21N3O5/c1-15(21(27)24-14-18-9-6-12-31-18)25-20-11-4-3-10-19(20)22(28)26(23(25)29)16-7-5-8-17(13-16)30-2/h3-13,15H,14H2,1-2H3,(H,24,27)/t15-/m1/s1. The van der Waals surface area contributed by atoms with Gasteiger partial charge in [0.05, 0.1) is 36.5 Å². The van der Waals surface area contributed by atoms with Gasteiger partial charge in [-0.15, -0.1) is 0 Å². The van der Waals surface area contributed by atoms with Crippen molar-refractivity contribution in [3.63, 3.8) is 0 Å². The first kappa shape index (κ1) is 20.2. The molecular weight excluding hydrogens is 398 g/mol. The first-order valence-electron chi connectivity index (χ1n) is 9.72. The van der Waals surface area contributed by atoms with Gasteiger partial charge in [0.1, 0.15) is 17.6 Å². The highest BCUT2D eigenvalue weighted by Gasteiger charge is 2.22. The van der Waals surface area contributed by atoms with E-state index in [1.807, 2.05) is 0 Å². The number of carbonyl (C=O) groups is 1. The Morgan fingerprint density at radius 1 is 1.10 bits per heavy atom. The Kier molecular flexibility index (Phi) is 5.44. The van der Waals surface area contributed by atoms with Crippen molar-refractivity contribution in [2.45, 2.75) is 19.5 Å². The van der Waals surface area contributed by atoms with Gasteiger partial charge in [0.15, 0.2) is 0 Å². The van der Waals surface area contributed by atoms with Crippen LogP contribution in [0, 0.1) is 0 Å². The summed E-state index contributed by atoms with van der Waals surface area (Å²) in [6, 6.07) is 16.0. The molecule has 0 saturated carbocycles. The summed E-state index contributed by atoms with van der Waals surface area (Å²) >= 11 is 0. The first-order chi connectivity index (χ1) is 15.0. The Balaban J connectivity index is 1.85. The third-order valence-corrected chi connectivity index (χ3v) is 5.09. The van der Waals surface area contributed by atoms with Crippen molar-refractivity contribution >= 4 is 16.8 Å². The molecule has 0 aliphatic carbocycles. The van der Waals surface area contributed by atoms with E-state index in [9.17, 15) is 14.4 Å². The molecule has 0 spiro atoms. The zero-order valence-electron chi connectivity index (χ0n) is 17.1. The summed E-state index contributed by atoms with van der Waals surface area (Å²) in [5.74, 6) is 0.728. The summed E-state index contributed by atoms with van der Waals surface area (Å²) in [6.45, 7) is 1.81. The van der Waals surface area contributed by atoms with E-state index in [-0.39, 0.29) is 12.5 Å². The molecule has 0 bridgehead atoms. The Morgan fingerprint density at radius 2 is 1.90 bits per heavy atom. The number of hydrogen-bond donors (Lipinski definition) is 1. The van der Waals surface area contributed by atoms with Gasteiger partial charge in [0, 0.05) is 6.07 Å². The summed E-state index contributed by atoms with van der Waals surface area (Å²) in [6.07, 6.45) is 1.52. The lowest BCUT2D eigenvalue weighted by Gasteiger charge is -2.19. The Morgan fingerprint density at radius 3 is 2.65 bits per heavy atom. The lowest BCUT2D eigenvalue weighted by molar-refractivity contribution is -0.124. The number of nitrogens with zero attached hydrogens (tertiary/aromatic N) is 2. The maximum Gasteiger partial charge on any atom is 0.336 e. The van der Waals surface area contributed by atoms with Crippen LogP contribution in [0.2, 0.25) is 0 Å². The van der Waals surface area contributed by atoms with Crippen molar-refractivity contribution in [1.82, 2.24) is 14.5 Å². The number of carbonyl (C=O) groups excluding carboxylic acids is 1. The minimum Gasteiger partial charge on any atom is -0.497 e. The van der Waals surface area contributed by atoms with Gasteiger partial charge >= 0.3 is 5.69 Å². The van der Waals surface area contributed by atoms with Gasteiger partial charge in [-0.1, -0.05) is 18.2 Å². The highest BCUT2D eigenvalue weighted by atomic mass is 16.5. The third kappa shape index (κ3) is 3.75. The smallest absolute Gasteiger partial charge is 0.336 e. The number of furan rings is 1. The molecule has 1 amide bonds. The zero-order chi connectivity index (χ0) is 22.0. The topological polar surface area (TPSA) is 95.5 Å². The minimum absolute atomic E-state index is 0.193. The fourth-order valence-corrected chi connectivity index (χ4v) is 3.49. The van der Waals surface area contributed by atoms with E-state index in [4.69, 9.17) is 9.15 Å². The highest BCUT2D eigenvalue weighted by molar-refractivity contribution is 5.84. The summed E-state index contributed by atoms with van der Waals surface area (Å²) < 4.78 is 12.9. The second-order valence-electron chi connectivity index (χ2n) is 6.98. The molecule has 0 aliphatic rings. The van der Waals surface area contributed by atoms with Gasteiger partial charge in [0.25, 0.3) is 5.56 Å². The monoisotopic (exact) mass is 419 g/mol. The molecule has 0 radical (unpaired) electrons. The molecule has 2 aromatic carbocycles. The van der Waals surface area contributed by atoms with E-state index in [0.29, 0.717) is 28.1 Å². The van der Waals surface area contributed by atoms with Crippen LogP contribution >= 0.6 is 0 Å². The highest BCUT2D eigenvalue weighted by Crippen LogP contribution is 2.18. The van der Waals surface area contributed by atoms with E-state index in [0.717, 1.165) is 4.57 Å². The van der Waals surface area contributed by atoms with E-state index < -0.39 is 17.3 Å². The summed E-state index contributed by atoms with van der Waals surface area (Å²) in [7, 11) is 1.51. The van der Waals surface area contributed by atoms with Gasteiger partial charge in [-0.2, -0.15) is 0 Å². The summed E-state index contributed by atoms with van der Waals surface area (Å²) in [5.41, 5.74) is -0.333. The molecule has 8 nitrogen and oxygen atoms in total. The molecule has 1 N–H and O–H groups in total. The largest absolute Gasteiger partial charge is 0.497 e. The number of benzene rings is 2. The van der Waals surface area contributed by atoms with Crippen molar-refractivity contribution in [2.24, 2.45) is 0 Å². The molecule has 1 atom stereocenters. The number of amides is 1. The number of fused-ring (bicyclic) bond motifs is 1. The van der Waals surface area contributed by atoms with Crippen molar-refractivity contribution in [1.29, 1.82) is 0 Å². The van der Waals surface area contributed by atoms with Gasteiger partial charge in [-0.3, -0.25) is 14.2 Å². The fraction of sp³-hybridized carbons (Fsp3) is 0.174. The molecule has 2 heterocycles. The van der Waals surface area contributed by atoms with Gasteiger partial charge < -0.3 is 14.5 Å². The second-order valence-corrected chi connectivity index (χ2v) is 6.98. The predicted octanol–water partition coefficient (Wildman–Crippen LogP) is 2.63.